The van der Waals surface area contributed by atoms with Crippen LogP contribution in [0.1, 0.15) is 10.4 Å². The molecule has 0 spiro atoms. The fourth-order valence-electron chi connectivity index (χ4n) is 2.63. The zero-order chi connectivity index (χ0) is 16.7. The van der Waals surface area contributed by atoms with Gasteiger partial charge in [-0.15, -0.1) is 23.1 Å². The van der Waals surface area contributed by atoms with Crippen LogP contribution in [-0.4, -0.2) is 15.5 Å². The number of nitriles is 1. The van der Waals surface area contributed by atoms with E-state index >= 15 is 0 Å². The van der Waals surface area contributed by atoms with Gasteiger partial charge in [0.2, 0.25) is 0 Å². The van der Waals surface area contributed by atoms with E-state index < -0.39 is 0 Å². The Kier molecular flexibility index (Phi) is 3.93. The van der Waals surface area contributed by atoms with Crippen molar-refractivity contribution < 1.29 is 0 Å². The second-order valence-corrected chi connectivity index (χ2v) is 8.12. The average Bonchev–Trinajstić information content (AvgIpc) is 2.92. The lowest BCUT2D eigenvalue weighted by Gasteiger charge is -2.10. The number of halogens is 1. The van der Waals surface area contributed by atoms with E-state index in [9.17, 15) is 10.1 Å². The van der Waals surface area contributed by atoms with E-state index in [1.54, 1.807) is 42.1 Å². The van der Waals surface area contributed by atoms with Crippen LogP contribution in [0.2, 0.25) is 5.02 Å². The molecule has 0 amide bonds. The predicted molar refractivity (Wildman–Crippen MR) is 97.3 cm³/mol. The van der Waals surface area contributed by atoms with Gasteiger partial charge in [-0.1, -0.05) is 11.6 Å². The van der Waals surface area contributed by atoms with Crippen LogP contribution < -0.4 is 5.56 Å². The first-order chi connectivity index (χ1) is 11.7. The van der Waals surface area contributed by atoms with Gasteiger partial charge >= 0.3 is 0 Å². The predicted octanol–water partition coefficient (Wildman–Crippen LogP) is 4.13. The van der Waals surface area contributed by atoms with Crippen LogP contribution in [0.15, 0.2) is 45.4 Å². The smallest absolute Gasteiger partial charge is 0.267 e. The van der Waals surface area contributed by atoms with E-state index in [2.05, 4.69) is 11.2 Å². The van der Waals surface area contributed by atoms with Crippen molar-refractivity contribution >= 4 is 34.7 Å². The fourth-order valence-corrected chi connectivity index (χ4v) is 5.02. The molecule has 2 aromatic heterocycles. The molecule has 118 valence electrons. The summed E-state index contributed by atoms with van der Waals surface area (Å²) in [5.74, 6) is 0.872. The van der Waals surface area contributed by atoms with Crippen molar-refractivity contribution in [1.29, 1.82) is 5.26 Å². The van der Waals surface area contributed by atoms with Crippen LogP contribution in [0.25, 0.3) is 16.9 Å². The normalized spacial score (nSPS) is 12.8. The Hall–Kier alpha value is -2.07. The minimum Gasteiger partial charge on any atom is -0.267 e. The molecule has 0 radical (unpaired) electrons. The SMILES string of the molecule is N#Cc1cc2c(s1)SCCc1cc(=O)n(-c3ccc(Cl)cc3)nc1-2. The molecule has 0 N–H and O–H groups in total. The van der Waals surface area contributed by atoms with Crippen LogP contribution in [-0.2, 0) is 6.42 Å². The summed E-state index contributed by atoms with van der Waals surface area (Å²) in [5, 5.41) is 14.4. The highest BCUT2D eigenvalue weighted by Crippen LogP contribution is 2.41. The van der Waals surface area contributed by atoms with Crippen molar-refractivity contribution in [2.75, 3.05) is 5.75 Å². The average molecular weight is 372 g/mol. The van der Waals surface area contributed by atoms with Gasteiger partial charge in [-0.3, -0.25) is 4.79 Å². The molecule has 4 rings (SSSR count). The number of hydrogen-bond donors (Lipinski definition) is 0. The first-order valence-corrected chi connectivity index (χ1v) is 9.40. The summed E-state index contributed by atoms with van der Waals surface area (Å²) in [6.07, 6.45) is 0.785. The molecule has 3 aromatic rings. The molecule has 1 aromatic carbocycles. The number of thioether (sulfide) groups is 1. The van der Waals surface area contributed by atoms with Gasteiger partial charge in [-0.2, -0.15) is 15.0 Å². The van der Waals surface area contributed by atoms with Gasteiger partial charge in [0.1, 0.15) is 10.9 Å². The quantitative estimate of drug-likeness (QED) is 0.645. The third-order valence-corrected chi connectivity index (χ3v) is 6.33. The Morgan fingerprint density at radius 3 is 2.79 bits per heavy atom. The van der Waals surface area contributed by atoms with Crippen molar-refractivity contribution in [2.24, 2.45) is 0 Å². The number of thiophene rings is 1. The van der Waals surface area contributed by atoms with Crippen LogP contribution >= 0.6 is 34.7 Å². The van der Waals surface area contributed by atoms with Crippen molar-refractivity contribution in [1.82, 2.24) is 9.78 Å². The Labute approximate surface area is 151 Å². The number of nitrogens with zero attached hydrogens (tertiary/aromatic N) is 3. The molecule has 24 heavy (non-hydrogen) atoms. The molecular weight excluding hydrogens is 362 g/mol. The molecule has 7 heteroatoms. The number of aryl methyl sites for hydroxylation is 1. The number of aromatic nitrogens is 2. The maximum Gasteiger partial charge on any atom is 0.271 e. The van der Waals surface area contributed by atoms with Crippen molar-refractivity contribution in [3.05, 3.63) is 62.2 Å². The highest BCUT2D eigenvalue weighted by atomic mass is 35.5. The number of rotatable bonds is 1. The maximum atomic E-state index is 12.5. The van der Waals surface area contributed by atoms with Crippen molar-refractivity contribution in [2.45, 2.75) is 10.6 Å². The van der Waals surface area contributed by atoms with E-state index in [1.165, 1.54) is 16.0 Å². The summed E-state index contributed by atoms with van der Waals surface area (Å²) in [4.78, 5) is 13.1. The molecule has 4 nitrogen and oxygen atoms in total. The first kappa shape index (κ1) is 15.5. The zero-order valence-electron chi connectivity index (χ0n) is 12.3. The molecule has 0 unspecified atom stereocenters. The lowest BCUT2D eigenvalue weighted by Crippen LogP contribution is -2.22. The molecule has 0 aliphatic carbocycles. The lowest BCUT2D eigenvalue weighted by atomic mass is 10.1. The van der Waals surface area contributed by atoms with Crippen LogP contribution in [0.3, 0.4) is 0 Å². The molecule has 0 fully saturated rings. The minimum atomic E-state index is -0.166. The molecular formula is C17H10ClN3OS2. The molecule has 0 atom stereocenters. The standard InChI is InChI=1S/C17H10ClN3OS2/c18-11-1-3-12(4-2-11)21-15(22)7-10-5-6-23-17-14(16(10)20-21)8-13(9-19)24-17/h1-4,7-8H,5-6H2. The highest BCUT2D eigenvalue weighted by Gasteiger charge is 2.21. The van der Waals surface area contributed by atoms with Gasteiger partial charge in [0.25, 0.3) is 5.56 Å². The van der Waals surface area contributed by atoms with E-state index in [-0.39, 0.29) is 5.56 Å². The molecule has 1 aliphatic heterocycles. The van der Waals surface area contributed by atoms with Crippen LogP contribution in [0.4, 0.5) is 0 Å². The lowest BCUT2D eigenvalue weighted by molar-refractivity contribution is 0.801. The number of hydrogen-bond acceptors (Lipinski definition) is 5. The van der Waals surface area contributed by atoms with Crippen molar-refractivity contribution in [3.8, 4) is 23.0 Å². The molecule has 1 aliphatic rings. The van der Waals surface area contributed by atoms with Crippen LogP contribution in [0.5, 0.6) is 0 Å². The highest BCUT2D eigenvalue weighted by molar-refractivity contribution is 8.01. The van der Waals surface area contributed by atoms with E-state index in [4.69, 9.17) is 11.6 Å². The minimum absolute atomic E-state index is 0.166. The van der Waals surface area contributed by atoms with Gasteiger partial charge in [-0.05, 0) is 42.3 Å². The third kappa shape index (κ3) is 2.65. The first-order valence-electron chi connectivity index (χ1n) is 7.22. The van der Waals surface area contributed by atoms with E-state index in [0.717, 1.165) is 33.2 Å². The summed E-state index contributed by atoms with van der Waals surface area (Å²) < 4.78 is 2.47. The molecule has 0 saturated carbocycles. The number of fused-ring (bicyclic) bond motifs is 3. The second-order valence-electron chi connectivity index (χ2n) is 5.27. The topological polar surface area (TPSA) is 58.7 Å². The Morgan fingerprint density at radius 1 is 1.25 bits per heavy atom. The summed E-state index contributed by atoms with van der Waals surface area (Å²) in [6.45, 7) is 0. The maximum absolute atomic E-state index is 12.5. The van der Waals surface area contributed by atoms with E-state index in [1.807, 2.05) is 6.07 Å². The third-order valence-electron chi connectivity index (χ3n) is 3.75. The zero-order valence-corrected chi connectivity index (χ0v) is 14.7. The van der Waals surface area contributed by atoms with Gasteiger partial charge in [-0.25, -0.2) is 0 Å². The Balaban J connectivity index is 1.94. The Morgan fingerprint density at radius 2 is 2.04 bits per heavy atom. The summed E-state index contributed by atoms with van der Waals surface area (Å²) >= 11 is 9.11. The van der Waals surface area contributed by atoms with Gasteiger partial charge in [0, 0.05) is 22.4 Å². The Bertz CT molecular complexity index is 1030. The van der Waals surface area contributed by atoms with Gasteiger partial charge < -0.3 is 0 Å². The summed E-state index contributed by atoms with van der Waals surface area (Å²) in [7, 11) is 0. The monoisotopic (exact) mass is 371 g/mol. The summed E-state index contributed by atoms with van der Waals surface area (Å²) in [5.41, 5.74) is 3.15. The van der Waals surface area contributed by atoms with E-state index in [0.29, 0.717) is 15.6 Å². The summed E-state index contributed by atoms with van der Waals surface area (Å²) in [6, 6.07) is 12.7. The fraction of sp³-hybridized carbons (Fsp3) is 0.118. The van der Waals surface area contributed by atoms with Crippen LogP contribution in [0, 0.1) is 11.3 Å². The van der Waals surface area contributed by atoms with Gasteiger partial charge in [0.15, 0.2) is 0 Å². The number of benzene rings is 1. The largest absolute Gasteiger partial charge is 0.271 e. The molecule has 0 saturated heterocycles. The molecule has 3 heterocycles. The van der Waals surface area contributed by atoms with Crippen molar-refractivity contribution in [3.63, 3.8) is 0 Å². The molecule has 0 bridgehead atoms. The van der Waals surface area contributed by atoms with Gasteiger partial charge in [0.05, 0.1) is 15.6 Å². The second kappa shape index (κ2) is 6.10.